The van der Waals surface area contributed by atoms with Crippen LogP contribution in [-0.4, -0.2) is 35.5 Å². The number of hydrogen-bond acceptors (Lipinski definition) is 4. The number of esters is 1. The fourth-order valence-electron chi connectivity index (χ4n) is 1.99. The molecule has 0 aliphatic heterocycles. The van der Waals surface area contributed by atoms with Gasteiger partial charge in [0, 0.05) is 6.42 Å². The van der Waals surface area contributed by atoms with Gasteiger partial charge in [-0.25, -0.2) is 0 Å². The maximum absolute atomic E-state index is 11.0. The number of carbonyl (C=O) groups is 1. The van der Waals surface area contributed by atoms with E-state index < -0.39 is 12.2 Å². The van der Waals surface area contributed by atoms with E-state index in [9.17, 15) is 15.0 Å². The normalized spacial score (nSPS) is 15.3. The van der Waals surface area contributed by atoms with E-state index >= 15 is 0 Å². The molecule has 27 heavy (non-hydrogen) atoms. The van der Waals surface area contributed by atoms with Gasteiger partial charge >= 0.3 is 5.97 Å². The Kier molecular flexibility index (Phi) is 17.1. The molecule has 0 aromatic heterocycles. The molecule has 0 saturated heterocycles. The topological polar surface area (TPSA) is 66.8 Å². The number of aliphatic hydroxyl groups is 2. The van der Waals surface area contributed by atoms with Crippen LogP contribution in [-0.2, 0) is 9.53 Å². The van der Waals surface area contributed by atoms with E-state index in [-0.39, 0.29) is 12.4 Å². The second-order valence-electron chi connectivity index (χ2n) is 5.93. The summed E-state index contributed by atoms with van der Waals surface area (Å²) in [4.78, 5) is 11.0. The van der Waals surface area contributed by atoms with Gasteiger partial charge in [0.25, 0.3) is 0 Å². The maximum atomic E-state index is 11.0. The SMILES string of the molecule is CC/C=C/CC(O)/C=C/C=C/C/C=C/C/C=C/C=C/C(O)CCC(=O)OC. The van der Waals surface area contributed by atoms with Crippen LogP contribution in [0.5, 0.6) is 0 Å². The lowest BCUT2D eigenvalue weighted by molar-refractivity contribution is -0.141. The molecule has 0 rings (SSSR count). The van der Waals surface area contributed by atoms with Crippen molar-refractivity contribution in [1.82, 2.24) is 0 Å². The highest BCUT2D eigenvalue weighted by atomic mass is 16.5. The predicted octanol–water partition coefficient (Wildman–Crippen LogP) is 4.58. The molecule has 150 valence electrons. The predicted molar refractivity (Wildman–Crippen MR) is 112 cm³/mol. The summed E-state index contributed by atoms with van der Waals surface area (Å²) in [6.07, 6.45) is 25.9. The fraction of sp³-hybridized carbons (Fsp3) is 0.435. The van der Waals surface area contributed by atoms with Gasteiger partial charge in [-0.15, -0.1) is 0 Å². The van der Waals surface area contributed by atoms with Crippen LogP contribution in [0.1, 0.15) is 45.4 Å². The van der Waals surface area contributed by atoms with E-state index in [1.807, 2.05) is 36.5 Å². The minimum absolute atomic E-state index is 0.214. The zero-order chi connectivity index (χ0) is 20.2. The minimum Gasteiger partial charge on any atom is -0.469 e. The van der Waals surface area contributed by atoms with Gasteiger partial charge in [0.15, 0.2) is 0 Å². The highest BCUT2D eigenvalue weighted by molar-refractivity contribution is 5.69. The third kappa shape index (κ3) is 18.4. The highest BCUT2D eigenvalue weighted by Gasteiger charge is 2.04. The van der Waals surface area contributed by atoms with Crippen LogP contribution in [0, 0.1) is 0 Å². The molecular weight excluding hydrogens is 340 g/mol. The molecule has 0 amide bonds. The molecule has 0 heterocycles. The smallest absolute Gasteiger partial charge is 0.305 e. The number of carbonyl (C=O) groups excluding carboxylic acids is 1. The van der Waals surface area contributed by atoms with E-state index in [1.165, 1.54) is 7.11 Å². The first-order valence-corrected chi connectivity index (χ1v) is 9.49. The van der Waals surface area contributed by atoms with Gasteiger partial charge in [-0.1, -0.05) is 79.8 Å². The molecule has 0 aliphatic rings. The monoisotopic (exact) mass is 374 g/mol. The fourth-order valence-corrected chi connectivity index (χ4v) is 1.99. The minimum atomic E-state index is -0.635. The molecule has 0 bridgehead atoms. The van der Waals surface area contributed by atoms with Crippen LogP contribution in [0.25, 0.3) is 0 Å². The molecule has 2 unspecified atom stereocenters. The molecule has 0 aromatic rings. The summed E-state index contributed by atoms with van der Waals surface area (Å²) in [5.74, 6) is -0.312. The molecule has 0 aliphatic carbocycles. The molecule has 0 radical (unpaired) electrons. The van der Waals surface area contributed by atoms with Gasteiger partial charge in [0.1, 0.15) is 0 Å². The number of aliphatic hydroxyl groups excluding tert-OH is 2. The molecule has 0 saturated carbocycles. The number of hydrogen-bond donors (Lipinski definition) is 2. The van der Waals surface area contributed by atoms with Crippen molar-refractivity contribution < 1.29 is 19.7 Å². The number of allylic oxidation sites excluding steroid dienone is 9. The molecule has 2 N–H and O–H groups in total. The average molecular weight is 375 g/mol. The van der Waals surface area contributed by atoms with Gasteiger partial charge in [-0.05, 0) is 32.1 Å². The summed E-state index contributed by atoms with van der Waals surface area (Å²) >= 11 is 0. The van der Waals surface area contributed by atoms with E-state index in [2.05, 4.69) is 29.9 Å². The molecular formula is C23H34O4. The second-order valence-corrected chi connectivity index (χ2v) is 5.93. The van der Waals surface area contributed by atoms with E-state index in [1.54, 1.807) is 18.2 Å². The maximum Gasteiger partial charge on any atom is 0.305 e. The van der Waals surface area contributed by atoms with Gasteiger partial charge in [0.05, 0.1) is 19.3 Å². The van der Waals surface area contributed by atoms with Crippen molar-refractivity contribution in [3.63, 3.8) is 0 Å². The summed E-state index contributed by atoms with van der Waals surface area (Å²) in [5, 5.41) is 19.3. The first-order chi connectivity index (χ1) is 13.1. The number of ether oxygens (including phenoxy) is 1. The first kappa shape index (κ1) is 24.8. The van der Waals surface area contributed by atoms with E-state index in [4.69, 9.17) is 0 Å². The van der Waals surface area contributed by atoms with Crippen molar-refractivity contribution in [2.45, 2.75) is 57.7 Å². The third-order valence-electron chi connectivity index (χ3n) is 3.52. The van der Waals surface area contributed by atoms with Gasteiger partial charge in [-0.3, -0.25) is 4.79 Å². The Balaban J connectivity index is 3.81. The van der Waals surface area contributed by atoms with Crippen molar-refractivity contribution in [3.05, 3.63) is 72.9 Å². The Bertz CT molecular complexity index is 539. The van der Waals surface area contributed by atoms with Crippen LogP contribution in [0.3, 0.4) is 0 Å². The van der Waals surface area contributed by atoms with E-state index in [0.29, 0.717) is 12.8 Å². The molecule has 0 spiro atoms. The Morgan fingerprint density at radius 1 is 0.852 bits per heavy atom. The average Bonchev–Trinajstić information content (AvgIpc) is 2.67. The highest BCUT2D eigenvalue weighted by Crippen LogP contribution is 2.01. The quantitative estimate of drug-likeness (QED) is 0.265. The summed E-state index contributed by atoms with van der Waals surface area (Å²) in [6.45, 7) is 2.07. The number of methoxy groups -OCH3 is 1. The first-order valence-electron chi connectivity index (χ1n) is 9.49. The Hall–Kier alpha value is -2.17. The summed E-state index contributed by atoms with van der Waals surface area (Å²) in [5.41, 5.74) is 0. The molecule has 0 aromatic carbocycles. The van der Waals surface area contributed by atoms with Gasteiger partial charge in [0.2, 0.25) is 0 Å². The van der Waals surface area contributed by atoms with Crippen molar-refractivity contribution in [2.24, 2.45) is 0 Å². The molecule has 4 nitrogen and oxygen atoms in total. The molecule has 0 fully saturated rings. The van der Waals surface area contributed by atoms with Gasteiger partial charge in [-0.2, -0.15) is 0 Å². The van der Waals surface area contributed by atoms with Crippen LogP contribution in [0.2, 0.25) is 0 Å². The van der Waals surface area contributed by atoms with Crippen LogP contribution in [0.15, 0.2) is 72.9 Å². The summed E-state index contributed by atoms with van der Waals surface area (Å²) in [7, 11) is 1.34. The number of rotatable bonds is 14. The lowest BCUT2D eigenvalue weighted by Gasteiger charge is -2.02. The lowest BCUT2D eigenvalue weighted by atomic mass is 10.2. The summed E-state index contributed by atoms with van der Waals surface area (Å²) in [6, 6.07) is 0. The Labute approximate surface area is 163 Å². The largest absolute Gasteiger partial charge is 0.469 e. The van der Waals surface area contributed by atoms with Crippen LogP contribution in [0.4, 0.5) is 0 Å². The van der Waals surface area contributed by atoms with Crippen molar-refractivity contribution >= 4 is 5.97 Å². The summed E-state index contributed by atoms with van der Waals surface area (Å²) < 4.78 is 4.52. The van der Waals surface area contributed by atoms with Gasteiger partial charge < -0.3 is 14.9 Å². The third-order valence-corrected chi connectivity index (χ3v) is 3.52. The van der Waals surface area contributed by atoms with Crippen molar-refractivity contribution in [1.29, 1.82) is 0 Å². The van der Waals surface area contributed by atoms with Crippen LogP contribution < -0.4 is 0 Å². The molecule has 4 heteroatoms. The molecule has 2 atom stereocenters. The van der Waals surface area contributed by atoms with Crippen LogP contribution >= 0.6 is 0 Å². The Morgan fingerprint density at radius 3 is 2.00 bits per heavy atom. The zero-order valence-corrected chi connectivity index (χ0v) is 16.5. The van der Waals surface area contributed by atoms with Crippen molar-refractivity contribution in [3.8, 4) is 0 Å². The lowest BCUT2D eigenvalue weighted by Crippen LogP contribution is -2.07. The Morgan fingerprint density at radius 2 is 1.44 bits per heavy atom. The standard InChI is InChI=1S/C23H34O4/c1-3-4-13-16-21(24)17-14-11-9-7-5-6-8-10-12-15-18-22(25)19-20-23(26)27-2/h4-6,9-15,17-18,21-22,24-25H,3,7-8,16,19-20H2,1-2H3/b6-5+,11-9+,12-10+,13-4+,17-14+,18-15+. The van der Waals surface area contributed by atoms with E-state index in [0.717, 1.165) is 19.3 Å². The second kappa shape index (κ2) is 18.6. The van der Waals surface area contributed by atoms with Crippen molar-refractivity contribution in [2.75, 3.05) is 7.11 Å². The zero-order valence-electron chi connectivity index (χ0n) is 16.5.